The molecule has 1 aliphatic rings. The van der Waals surface area contributed by atoms with Crippen molar-refractivity contribution in [1.29, 1.82) is 5.26 Å². The van der Waals surface area contributed by atoms with Crippen molar-refractivity contribution in [2.45, 2.75) is 78.2 Å². The van der Waals surface area contributed by atoms with Gasteiger partial charge in [-0.2, -0.15) is 5.26 Å². The predicted octanol–water partition coefficient (Wildman–Crippen LogP) is 11.8. The van der Waals surface area contributed by atoms with Gasteiger partial charge in [-0.15, -0.1) is 0 Å². The third kappa shape index (κ3) is 6.98. The van der Waals surface area contributed by atoms with Gasteiger partial charge in [0.25, 0.3) is 0 Å². The minimum absolute atomic E-state index is 0.350. The van der Waals surface area contributed by atoms with Crippen molar-refractivity contribution in [2.75, 3.05) is 0 Å². The van der Waals surface area contributed by atoms with Crippen LogP contribution in [0.1, 0.15) is 81.0 Å². The van der Waals surface area contributed by atoms with E-state index in [1.165, 1.54) is 84.0 Å². The van der Waals surface area contributed by atoms with Crippen LogP contribution in [0.5, 0.6) is 11.5 Å². The van der Waals surface area contributed by atoms with Crippen molar-refractivity contribution >= 4 is 32.3 Å². The summed E-state index contributed by atoms with van der Waals surface area (Å²) in [6, 6.07) is 38.9. The average molecular weight is 620 g/mol. The molecule has 7 rings (SSSR count). The minimum atomic E-state index is 0.350. The number of unbranched alkanes of at least 4 members (excludes halogenated alkanes) is 2. The highest BCUT2D eigenvalue weighted by molar-refractivity contribution is 6.11. The average Bonchev–Trinajstić information content (AvgIpc) is 3.12. The number of benzene rings is 6. The highest BCUT2D eigenvalue weighted by Crippen LogP contribution is 2.47. The van der Waals surface area contributed by atoms with Gasteiger partial charge in [-0.25, -0.2) is 0 Å². The summed E-state index contributed by atoms with van der Waals surface area (Å²) in [5.41, 5.74) is 5.05. The second-order valence-corrected chi connectivity index (χ2v) is 13.2. The van der Waals surface area contributed by atoms with E-state index in [4.69, 9.17) is 4.74 Å². The van der Waals surface area contributed by atoms with E-state index in [-0.39, 0.29) is 0 Å². The summed E-state index contributed by atoms with van der Waals surface area (Å²) in [6.07, 6.45) is 11.4. The van der Waals surface area contributed by atoms with Crippen LogP contribution < -0.4 is 4.74 Å². The zero-order chi connectivity index (χ0) is 32.6. The Hall–Kier alpha value is -4.81. The molecule has 3 heteroatoms. The van der Waals surface area contributed by atoms with E-state index in [9.17, 15) is 10.4 Å². The van der Waals surface area contributed by atoms with Crippen molar-refractivity contribution in [3.63, 3.8) is 0 Å². The number of phenolic OH excluding ortho intramolecular Hbond substituents is 1. The Bertz CT molecular complexity index is 2020. The molecule has 0 unspecified atom stereocenters. The lowest BCUT2D eigenvalue weighted by molar-refractivity contribution is 0.193. The molecule has 1 N–H and O–H groups in total. The summed E-state index contributed by atoms with van der Waals surface area (Å²) in [5.74, 6) is 1.30. The van der Waals surface area contributed by atoms with Crippen LogP contribution in [0.3, 0.4) is 0 Å². The molecule has 0 aromatic heterocycles. The van der Waals surface area contributed by atoms with Crippen LogP contribution in [0.25, 0.3) is 32.3 Å². The molecule has 0 atom stereocenters. The topological polar surface area (TPSA) is 53.2 Å². The second kappa shape index (κ2) is 14.7. The quantitative estimate of drug-likeness (QED) is 0.164. The molecule has 3 nitrogen and oxygen atoms in total. The van der Waals surface area contributed by atoms with E-state index in [2.05, 4.69) is 62.4 Å². The van der Waals surface area contributed by atoms with E-state index < -0.39 is 0 Å². The number of hydrogen-bond acceptors (Lipinski definition) is 3. The van der Waals surface area contributed by atoms with Crippen LogP contribution in [-0.4, -0.2) is 5.11 Å². The Morgan fingerprint density at radius 3 is 2.17 bits per heavy atom. The van der Waals surface area contributed by atoms with Gasteiger partial charge in [0.2, 0.25) is 0 Å². The van der Waals surface area contributed by atoms with Gasteiger partial charge < -0.3 is 9.84 Å². The van der Waals surface area contributed by atoms with Crippen molar-refractivity contribution < 1.29 is 9.84 Å². The molecule has 238 valence electrons. The first-order chi connectivity index (χ1) is 23.1. The van der Waals surface area contributed by atoms with Crippen LogP contribution in [0.2, 0.25) is 0 Å². The van der Waals surface area contributed by atoms with E-state index in [1.807, 2.05) is 60.7 Å². The zero-order valence-electron chi connectivity index (χ0n) is 27.8. The lowest BCUT2D eigenvalue weighted by atomic mass is 9.65. The van der Waals surface area contributed by atoms with E-state index in [0.717, 1.165) is 28.5 Å². The van der Waals surface area contributed by atoms with Crippen molar-refractivity contribution in [3.05, 3.63) is 131 Å². The number of phenols is 1. The molecule has 0 fully saturated rings. The number of aryl methyl sites for hydroxylation is 1. The molecule has 0 radical (unpaired) electrons. The van der Waals surface area contributed by atoms with Gasteiger partial charge in [0.1, 0.15) is 18.1 Å². The minimum Gasteiger partial charge on any atom is -0.507 e. The standard InChI is InChI=1S/C34H37NO.C10H8O/c1-3-5-18-34(19-6-4-2)20-17-30-26(22-34)15-16-31-29-14-10-9-11-25(29)21-32(33(30)31)36-24-28-13-8-7-12-27(28)23-35;11-10-7-3-5-8-4-1-2-6-9(8)10/h7-16,21H,3-6,17-20,22,24H2,1-2H3;1-7,11H. The Kier molecular flexibility index (Phi) is 10.1. The fraction of sp³-hybridized carbons (Fsp3) is 0.295. The Morgan fingerprint density at radius 2 is 1.43 bits per heavy atom. The first kappa shape index (κ1) is 32.1. The van der Waals surface area contributed by atoms with Gasteiger partial charge in [0.15, 0.2) is 0 Å². The fourth-order valence-electron chi connectivity index (χ4n) is 7.50. The molecular weight excluding hydrogens is 574 g/mol. The molecule has 0 heterocycles. The largest absolute Gasteiger partial charge is 0.507 e. The van der Waals surface area contributed by atoms with Gasteiger partial charge in [0.05, 0.1) is 11.6 Å². The highest BCUT2D eigenvalue weighted by atomic mass is 16.5. The summed E-state index contributed by atoms with van der Waals surface area (Å²) in [7, 11) is 0. The van der Waals surface area contributed by atoms with Crippen LogP contribution in [0.15, 0.2) is 109 Å². The van der Waals surface area contributed by atoms with E-state index in [0.29, 0.717) is 23.3 Å². The SMILES string of the molecule is CCCCC1(CCCC)CCc2c(ccc3c2c(OCc2ccccc2C#N)cc2ccccc23)C1.Oc1cccc2ccccc12. The first-order valence-electron chi connectivity index (χ1n) is 17.3. The summed E-state index contributed by atoms with van der Waals surface area (Å²) < 4.78 is 6.55. The molecule has 47 heavy (non-hydrogen) atoms. The Morgan fingerprint density at radius 1 is 0.745 bits per heavy atom. The monoisotopic (exact) mass is 619 g/mol. The lowest BCUT2D eigenvalue weighted by Crippen LogP contribution is -2.29. The number of aromatic hydroxyl groups is 1. The van der Waals surface area contributed by atoms with Crippen LogP contribution in [-0.2, 0) is 19.4 Å². The summed E-state index contributed by atoms with van der Waals surface area (Å²) in [5, 5.41) is 26.0. The maximum absolute atomic E-state index is 9.55. The lowest BCUT2D eigenvalue weighted by Gasteiger charge is -2.39. The van der Waals surface area contributed by atoms with Gasteiger partial charge in [-0.3, -0.25) is 0 Å². The summed E-state index contributed by atoms with van der Waals surface area (Å²) in [4.78, 5) is 0. The maximum Gasteiger partial charge on any atom is 0.128 e. The van der Waals surface area contributed by atoms with Gasteiger partial charge in [0, 0.05) is 16.3 Å². The second-order valence-electron chi connectivity index (χ2n) is 13.2. The molecule has 0 bridgehead atoms. The molecule has 0 saturated carbocycles. The van der Waals surface area contributed by atoms with Crippen molar-refractivity contribution in [3.8, 4) is 17.6 Å². The highest BCUT2D eigenvalue weighted by Gasteiger charge is 2.34. The molecule has 0 amide bonds. The zero-order valence-corrected chi connectivity index (χ0v) is 27.8. The third-order valence-corrected chi connectivity index (χ3v) is 10.1. The van der Waals surface area contributed by atoms with Gasteiger partial charge >= 0.3 is 0 Å². The Labute approximate surface area is 279 Å². The van der Waals surface area contributed by atoms with Crippen molar-refractivity contribution in [2.24, 2.45) is 5.41 Å². The van der Waals surface area contributed by atoms with Crippen LogP contribution >= 0.6 is 0 Å². The smallest absolute Gasteiger partial charge is 0.128 e. The molecule has 1 aliphatic carbocycles. The summed E-state index contributed by atoms with van der Waals surface area (Å²) in [6.45, 7) is 5.03. The molecular formula is C44H45NO2. The Balaban J connectivity index is 0.000000295. The third-order valence-electron chi connectivity index (χ3n) is 10.1. The number of nitrogens with zero attached hydrogens (tertiary/aromatic N) is 1. The normalized spacial score (nSPS) is 13.5. The molecule has 0 saturated heterocycles. The van der Waals surface area contributed by atoms with Gasteiger partial charge in [-0.1, -0.05) is 131 Å². The molecule has 6 aromatic rings. The van der Waals surface area contributed by atoms with Crippen LogP contribution in [0.4, 0.5) is 0 Å². The fourth-order valence-corrected chi connectivity index (χ4v) is 7.50. The number of rotatable bonds is 9. The van der Waals surface area contributed by atoms with E-state index in [1.54, 1.807) is 6.07 Å². The maximum atomic E-state index is 9.55. The number of fused-ring (bicyclic) bond motifs is 6. The van der Waals surface area contributed by atoms with Gasteiger partial charge in [-0.05, 0) is 88.4 Å². The van der Waals surface area contributed by atoms with Crippen molar-refractivity contribution in [1.82, 2.24) is 0 Å². The summed E-state index contributed by atoms with van der Waals surface area (Å²) >= 11 is 0. The number of nitriles is 1. The molecule has 0 spiro atoms. The first-order valence-corrected chi connectivity index (χ1v) is 17.3. The number of hydrogen-bond donors (Lipinski definition) is 1. The molecule has 6 aromatic carbocycles. The van der Waals surface area contributed by atoms with E-state index >= 15 is 0 Å². The molecule has 0 aliphatic heterocycles. The number of ether oxygens (including phenoxy) is 1. The van der Waals surface area contributed by atoms with Crippen LogP contribution in [0, 0.1) is 16.7 Å². The predicted molar refractivity (Wildman–Crippen MR) is 196 cm³/mol.